The summed E-state index contributed by atoms with van der Waals surface area (Å²) in [6, 6.07) is 4.48. The third kappa shape index (κ3) is 3.42. The Hall–Kier alpha value is -1.18. The van der Waals surface area contributed by atoms with E-state index in [1.165, 1.54) is 6.07 Å². The molecule has 1 aromatic carbocycles. The lowest BCUT2D eigenvalue weighted by atomic mass is 10.00. The van der Waals surface area contributed by atoms with E-state index in [4.69, 9.17) is 0 Å². The number of ether oxygens (including phenoxy) is 2. The minimum absolute atomic E-state index is 0. The fourth-order valence-corrected chi connectivity index (χ4v) is 2.88. The lowest BCUT2D eigenvalue weighted by molar-refractivity contribution is -0.287. The van der Waals surface area contributed by atoms with Crippen LogP contribution < -0.4 is 14.8 Å². The Kier molecular flexibility index (Phi) is 5.41. The minimum atomic E-state index is -3.65. The van der Waals surface area contributed by atoms with Crippen molar-refractivity contribution in [1.82, 2.24) is 10.2 Å². The fraction of sp³-hybridized carbons (Fsp3) is 0.571. The third-order valence-electron chi connectivity index (χ3n) is 3.79. The number of halogens is 4. The van der Waals surface area contributed by atoms with Gasteiger partial charge in [-0.2, -0.15) is 0 Å². The molecule has 0 saturated carbocycles. The molecule has 1 fully saturated rings. The van der Waals surface area contributed by atoms with Gasteiger partial charge in [0.2, 0.25) is 0 Å². The zero-order valence-electron chi connectivity index (χ0n) is 11.9. The highest BCUT2D eigenvalue weighted by Crippen LogP contribution is 2.46. The molecule has 0 spiro atoms. The van der Waals surface area contributed by atoms with Crippen molar-refractivity contribution in [2.75, 3.05) is 32.9 Å². The Bertz CT molecular complexity index is 513. The first-order valence-electron chi connectivity index (χ1n) is 7.00. The second kappa shape index (κ2) is 6.93. The van der Waals surface area contributed by atoms with Crippen molar-refractivity contribution in [3.8, 4) is 11.5 Å². The molecule has 2 heterocycles. The Labute approximate surface area is 133 Å². The SMILES string of the molecule is Cl.FCC[C@@H](c1cccc2c1OC(F)(F)O2)N1CCNCC1. The lowest BCUT2D eigenvalue weighted by Crippen LogP contribution is -2.45. The number of alkyl halides is 3. The first kappa shape index (κ1) is 17.2. The van der Waals surface area contributed by atoms with Gasteiger partial charge in [-0.1, -0.05) is 12.1 Å². The van der Waals surface area contributed by atoms with Crippen LogP contribution in [0.25, 0.3) is 0 Å². The summed E-state index contributed by atoms with van der Waals surface area (Å²) in [6.07, 6.45) is -3.41. The highest BCUT2D eigenvalue weighted by atomic mass is 35.5. The number of rotatable bonds is 4. The molecule has 2 aliphatic heterocycles. The Morgan fingerprint density at radius 2 is 1.95 bits per heavy atom. The average molecular weight is 339 g/mol. The minimum Gasteiger partial charge on any atom is -0.395 e. The molecule has 3 rings (SSSR count). The first-order valence-corrected chi connectivity index (χ1v) is 7.00. The summed E-state index contributed by atoms with van der Waals surface area (Å²) >= 11 is 0. The molecule has 124 valence electrons. The molecule has 1 atom stereocenters. The van der Waals surface area contributed by atoms with Crippen molar-refractivity contribution in [3.63, 3.8) is 0 Å². The molecular weight excluding hydrogens is 321 g/mol. The van der Waals surface area contributed by atoms with E-state index in [2.05, 4.69) is 19.7 Å². The van der Waals surface area contributed by atoms with Gasteiger partial charge < -0.3 is 14.8 Å². The molecule has 1 N–H and O–H groups in total. The largest absolute Gasteiger partial charge is 0.586 e. The summed E-state index contributed by atoms with van der Waals surface area (Å²) in [5.74, 6) is 0.0379. The van der Waals surface area contributed by atoms with Crippen molar-refractivity contribution in [3.05, 3.63) is 23.8 Å². The monoisotopic (exact) mass is 338 g/mol. The molecule has 1 aromatic rings. The van der Waals surface area contributed by atoms with Crippen molar-refractivity contribution in [2.24, 2.45) is 0 Å². The molecule has 0 radical (unpaired) electrons. The first-order chi connectivity index (χ1) is 10.1. The molecule has 1 saturated heterocycles. The molecule has 8 heteroatoms. The molecule has 2 aliphatic rings. The number of hydrogen-bond acceptors (Lipinski definition) is 4. The quantitative estimate of drug-likeness (QED) is 0.915. The fourth-order valence-electron chi connectivity index (χ4n) is 2.88. The van der Waals surface area contributed by atoms with Crippen LogP contribution in [0.15, 0.2) is 18.2 Å². The Morgan fingerprint density at radius 3 is 2.64 bits per heavy atom. The standard InChI is InChI=1S/C14H17F3N2O2.ClH/c15-5-4-11(19-8-6-18-7-9-19)10-2-1-3-12-13(10)21-14(16,17)20-12;/h1-3,11,18H,4-9H2;1H/t11-;/m0./s1. The van der Waals surface area contributed by atoms with E-state index in [0.29, 0.717) is 5.56 Å². The van der Waals surface area contributed by atoms with Crippen LogP contribution in [0.1, 0.15) is 18.0 Å². The second-order valence-corrected chi connectivity index (χ2v) is 5.12. The number of benzene rings is 1. The average Bonchev–Trinajstić information content (AvgIpc) is 2.79. The normalized spacial score (nSPS) is 21.2. The van der Waals surface area contributed by atoms with E-state index in [-0.39, 0.29) is 36.4 Å². The summed E-state index contributed by atoms with van der Waals surface area (Å²) in [4.78, 5) is 2.09. The van der Waals surface area contributed by atoms with E-state index in [0.717, 1.165) is 26.2 Å². The van der Waals surface area contributed by atoms with E-state index in [1.54, 1.807) is 12.1 Å². The van der Waals surface area contributed by atoms with Crippen LogP contribution in [-0.2, 0) is 0 Å². The van der Waals surface area contributed by atoms with Gasteiger partial charge in [0, 0.05) is 37.8 Å². The van der Waals surface area contributed by atoms with Gasteiger partial charge in [-0.15, -0.1) is 21.2 Å². The summed E-state index contributed by atoms with van der Waals surface area (Å²) in [7, 11) is 0. The zero-order chi connectivity index (χ0) is 14.9. The van der Waals surface area contributed by atoms with E-state index in [9.17, 15) is 13.2 Å². The topological polar surface area (TPSA) is 33.7 Å². The Morgan fingerprint density at radius 1 is 1.23 bits per heavy atom. The maximum absolute atomic E-state index is 13.3. The van der Waals surface area contributed by atoms with Crippen molar-refractivity contribution in [1.29, 1.82) is 0 Å². The molecule has 0 amide bonds. The molecular formula is C14H18ClF3N2O2. The maximum atomic E-state index is 13.3. The Balaban J connectivity index is 0.00000176. The number of fused-ring (bicyclic) bond motifs is 1. The molecule has 0 bridgehead atoms. The number of para-hydroxylation sites is 1. The zero-order valence-corrected chi connectivity index (χ0v) is 12.7. The van der Waals surface area contributed by atoms with Crippen LogP contribution >= 0.6 is 12.4 Å². The summed E-state index contributed by atoms with van der Waals surface area (Å²) in [6.45, 7) is 2.56. The van der Waals surface area contributed by atoms with Gasteiger partial charge >= 0.3 is 6.29 Å². The summed E-state index contributed by atoms with van der Waals surface area (Å²) in [5.41, 5.74) is 0.559. The van der Waals surface area contributed by atoms with Crippen LogP contribution in [0.4, 0.5) is 13.2 Å². The molecule has 0 aliphatic carbocycles. The van der Waals surface area contributed by atoms with Crippen molar-refractivity contribution >= 4 is 12.4 Å². The van der Waals surface area contributed by atoms with Gasteiger partial charge in [0.05, 0.1) is 6.67 Å². The van der Waals surface area contributed by atoms with Gasteiger partial charge in [0.25, 0.3) is 0 Å². The third-order valence-corrected chi connectivity index (χ3v) is 3.79. The predicted octanol–water partition coefficient (Wildman–Crippen LogP) is 2.74. The van der Waals surface area contributed by atoms with Gasteiger partial charge in [0.15, 0.2) is 11.5 Å². The highest BCUT2D eigenvalue weighted by molar-refractivity contribution is 5.85. The lowest BCUT2D eigenvalue weighted by Gasteiger charge is -2.35. The van der Waals surface area contributed by atoms with Crippen LogP contribution in [0, 0.1) is 0 Å². The second-order valence-electron chi connectivity index (χ2n) is 5.12. The van der Waals surface area contributed by atoms with Gasteiger partial charge in [0.1, 0.15) is 0 Å². The van der Waals surface area contributed by atoms with E-state index in [1.807, 2.05) is 0 Å². The number of nitrogens with zero attached hydrogens (tertiary/aromatic N) is 1. The summed E-state index contributed by atoms with van der Waals surface area (Å²) < 4.78 is 48.6. The number of nitrogens with one attached hydrogen (secondary N) is 1. The van der Waals surface area contributed by atoms with Gasteiger partial charge in [-0.3, -0.25) is 9.29 Å². The molecule has 4 nitrogen and oxygen atoms in total. The van der Waals surface area contributed by atoms with Crippen molar-refractivity contribution < 1.29 is 22.6 Å². The predicted molar refractivity (Wildman–Crippen MR) is 77.7 cm³/mol. The van der Waals surface area contributed by atoms with Crippen molar-refractivity contribution in [2.45, 2.75) is 18.8 Å². The van der Waals surface area contributed by atoms with Gasteiger partial charge in [-0.05, 0) is 12.5 Å². The van der Waals surface area contributed by atoms with E-state index >= 15 is 0 Å². The number of hydrogen-bond donors (Lipinski definition) is 1. The van der Waals surface area contributed by atoms with E-state index < -0.39 is 13.0 Å². The highest BCUT2D eigenvalue weighted by Gasteiger charge is 2.45. The van der Waals surface area contributed by atoms with Crippen LogP contribution in [0.3, 0.4) is 0 Å². The maximum Gasteiger partial charge on any atom is 0.586 e. The molecule has 22 heavy (non-hydrogen) atoms. The molecule has 0 unspecified atom stereocenters. The van der Waals surface area contributed by atoms with Gasteiger partial charge in [-0.25, -0.2) is 0 Å². The van der Waals surface area contributed by atoms with Crippen LogP contribution in [0.5, 0.6) is 11.5 Å². The van der Waals surface area contributed by atoms with Crippen LogP contribution in [-0.4, -0.2) is 44.0 Å². The summed E-state index contributed by atoms with van der Waals surface area (Å²) in [5, 5.41) is 3.22. The molecule has 0 aromatic heterocycles. The van der Waals surface area contributed by atoms with Crippen LogP contribution in [0.2, 0.25) is 0 Å². The smallest absolute Gasteiger partial charge is 0.395 e. The number of piperazine rings is 1.